The number of nitrogens with one attached hydrogen (secondary N) is 2. The predicted octanol–water partition coefficient (Wildman–Crippen LogP) is 2.59. The molecule has 0 atom stereocenters. The Hall–Kier alpha value is -0.390. The van der Waals surface area contributed by atoms with Crippen LogP contribution in [0.1, 0.15) is 18.7 Å². The van der Waals surface area contributed by atoms with Crippen molar-refractivity contribution in [3.8, 4) is 0 Å². The van der Waals surface area contributed by atoms with Crippen molar-refractivity contribution in [3.63, 3.8) is 0 Å². The molecular weight excluding hydrogens is 529 g/mol. The van der Waals surface area contributed by atoms with Crippen LogP contribution in [0.25, 0.3) is 0 Å². The predicted molar refractivity (Wildman–Crippen MR) is 123 cm³/mol. The fourth-order valence-electron chi connectivity index (χ4n) is 2.83. The standard InChI is InChI=1S/C17H28BrN5OS.HI/c1-17(2,15(24)19-3)12-21-16(20-4)23-9-7-22(8-10-23)11-13-5-6-14(18)25-13;/h5-6H,7-12H2,1-4H3,(H,19,24)(H,20,21);1H. The second-order valence-corrected chi connectivity index (χ2v) is 9.38. The van der Waals surface area contributed by atoms with Crippen molar-refractivity contribution < 1.29 is 4.79 Å². The highest BCUT2D eigenvalue weighted by Gasteiger charge is 2.28. The number of halogens is 2. The molecule has 0 radical (unpaired) electrons. The highest BCUT2D eigenvalue weighted by molar-refractivity contribution is 14.0. The lowest BCUT2D eigenvalue weighted by Gasteiger charge is -2.37. The molecule has 9 heteroatoms. The lowest BCUT2D eigenvalue weighted by molar-refractivity contribution is -0.128. The molecule has 1 amide bonds. The Kier molecular flexibility index (Phi) is 9.84. The third-order valence-electron chi connectivity index (χ3n) is 4.42. The van der Waals surface area contributed by atoms with Gasteiger partial charge >= 0.3 is 0 Å². The number of piperazine rings is 1. The molecular formula is C17H29BrIN5OS. The first-order valence-corrected chi connectivity index (χ1v) is 10.1. The first-order valence-electron chi connectivity index (χ1n) is 8.50. The fourth-order valence-corrected chi connectivity index (χ4v) is 4.35. The maximum absolute atomic E-state index is 11.9. The van der Waals surface area contributed by atoms with Gasteiger partial charge in [-0.05, 0) is 41.9 Å². The normalized spacial score (nSPS) is 16.2. The van der Waals surface area contributed by atoms with Gasteiger partial charge in [0.2, 0.25) is 5.91 Å². The van der Waals surface area contributed by atoms with Crippen molar-refractivity contribution in [2.24, 2.45) is 10.4 Å². The van der Waals surface area contributed by atoms with E-state index in [4.69, 9.17) is 0 Å². The zero-order valence-corrected chi connectivity index (χ0v) is 20.6. The monoisotopic (exact) mass is 557 g/mol. The lowest BCUT2D eigenvalue weighted by atomic mass is 9.92. The summed E-state index contributed by atoms with van der Waals surface area (Å²) in [5.74, 6) is 0.901. The van der Waals surface area contributed by atoms with Crippen LogP contribution in [0.15, 0.2) is 20.9 Å². The molecule has 1 aliphatic rings. The molecule has 2 rings (SSSR count). The number of thiophene rings is 1. The fraction of sp³-hybridized carbons (Fsp3) is 0.647. The smallest absolute Gasteiger partial charge is 0.227 e. The molecule has 1 fully saturated rings. The van der Waals surface area contributed by atoms with Gasteiger partial charge in [-0.3, -0.25) is 14.7 Å². The van der Waals surface area contributed by atoms with Gasteiger partial charge in [-0.2, -0.15) is 0 Å². The number of aliphatic imine (C=N–C) groups is 1. The molecule has 0 unspecified atom stereocenters. The van der Waals surface area contributed by atoms with E-state index in [9.17, 15) is 4.79 Å². The number of carbonyl (C=O) groups is 1. The van der Waals surface area contributed by atoms with Gasteiger partial charge in [-0.25, -0.2) is 0 Å². The third-order valence-corrected chi connectivity index (χ3v) is 6.03. The van der Waals surface area contributed by atoms with E-state index in [1.54, 1.807) is 25.4 Å². The number of rotatable bonds is 5. The van der Waals surface area contributed by atoms with Crippen LogP contribution in [0.5, 0.6) is 0 Å². The van der Waals surface area contributed by atoms with Gasteiger partial charge in [0.15, 0.2) is 5.96 Å². The summed E-state index contributed by atoms with van der Waals surface area (Å²) < 4.78 is 1.18. The topological polar surface area (TPSA) is 60.0 Å². The Morgan fingerprint density at radius 3 is 2.46 bits per heavy atom. The number of guanidine groups is 1. The molecule has 26 heavy (non-hydrogen) atoms. The molecule has 2 N–H and O–H groups in total. The zero-order valence-electron chi connectivity index (χ0n) is 15.8. The minimum absolute atomic E-state index is 0. The number of nitrogens with zero attached hydrogens (tertiary/aromatic N) is 3. The highest BCUT2D eigenvalue weighted by atomic mass is 127. The van der Waals surface area contributed by atoms with Crippen molar-refractivity contribution in [2.75, 3.05) is 46.8 Å². The molecule has 1 aliphatic heterocycles. The minimum atomic E-state index is -0.473. The molecule has 6 nitrogen and oxygen atoms in total. The SMILES string of the molecule is CN=C(NCC(C)(C)C(=O)NC)N1CCN(Cc2ccc(Br)s2)CC1.I. The van der Waals surface area contributed by atoms with Crippen LogP contribution in [0.2, 0.25) is 0 Å². The number of hydrogen-bond acceptors (Lipinski definition) is 4. The Bertz CT molecular complexity index is 614. The summed E-state index contributed by atoms with van der Waals surface area (Å²) in [7, 11) is 3.47. The van der Waals surface area contributed by atoms with Gasteiger partial charge in [-0.15, -0.1) is 35.3 Å². The van der Waals surface area contributed by atoms with Crippen LogP contribution in [0.3, 0.4) is 0 Å². The molecule has 1 aromatic heterocycles. The second kappa shape index (κ2) is 10.8. The van der Waals surface area contributed by atoms with E-state index >= 15 is 0 Å². The highest BCUT2D eigenvalue weighted by Crippen LogP contribution is 2.23. The maximum atomic E-state index is 11.9. The van der Waals surface area contributed by atoms with Crippen LogP contribution in [-0.4, -0.2) is 68.5 Å². The van der Waals surface area contributed by atoms with E-state index in [1.165, 1.54) is 8.66 Å². The van der Waals surface area contributed by atoms with Gasteiger partial charge < -0.3 is 15.5 Å². The zero-order chi connectivity index (χ0) is 18.4. The minimum Gasteiger partial charge on any atom is -0.359 e. The average molecular weight is 558 g/mol. The summed E-state index contributed by atoms with van der Waals surface area (Å²) in [5, 5.41) is 6.07. The maximum Gasteiger partial charge on any atom is 0.227 e. The summed E-state index contributed by atoms with van der Waals surface area (Å²) in [6.07, 6.45) is 0. The summed E-state index contributed by atoms with van der Waals surface area (Å²) in [5.41, 5.74) is -0.473. The Labute approximate surface area is 185 Å². The van der Waals surface area contributed by atoms with Crippen LogP contribution in [0, 0.1) is 5.41 Å². The molecule has 0 bridgehead atoms. The number of amides is 1. The van der Waals surface area contributed by atoms with Crippen LogP contribution in [-0.2, 0) is 11.3 Å². The van der Waals surface area contributed by atoms with E-state index in [1.807, 2.05) is 13.8 Å². The Morgan fingerprint density at radius 1 is 1.31 bits per heavy atom. The van der Waals surface area contributed by atoms with E-state index in [-0.39, 0.29) is 29.9 Å². The van der Waals surface area contributed by atoms with E-state index in [0.29, 0.717) is 6.54 Å². The van der Waals surface area contributed by atoms with E-state index < -0.39 is 5.41 Å². The van der Waals surface area contributed by atoms with Crippen molar-refractivity contribution in [1.82, 2.24) is 20.4 Å². The molecule has 0 aromatic carbocycles. The first-order chi connectivity index (χ1) is 11.9. The van der Waals surface area contributed by atoms with Crippen molar-refractivity contribution in [2.45, 2.75) is 20.4 Å². The van der Waals surface area contributed by atoms with Gasteiger partial charge in [0, 0.05) is 58.2 Å². The van der Waals surface area contributed by atoms with Crippen LogP contribution in [0.4, 0.5) is 0 Å². The largest absolute Gasteiger partial charge is 0.359 e. The average Bonchev–Trinajstić information content (AvgIpc) is 3.00. The second-order valence-electron chi connectivity index (χ2n) is 6.83. The van der Waals surface area contributed by atoms with Crippen molar-refractivity contribution >= 4 is 63.1 Å². The summed E-state index contributed by atoms with van der Waals surface area (Å²) in [6.45, 7) is 9.32. The number of hydrogen-bond donors (Lipinski definition) is 2. The number of carbonyl (C=O) groups excluding carboxylic acids is 1. The molecule has 2 heterocycles. The lowest BCUT2D eigenvalue weighted by Crippen LogP contribution is -2.54. The van der Waals surface area contributed by atoms with Gasteiger partial charge in [-0.1, -0.05) is 0 Å². The van der Waals surface area contributed by atoms with E-state index in [0.717, 1.165) is 38.7 Å². The van der Waals surface area contributed by atoms with Crippen molar-refractivity contribution in [1.29, 1.82) is 0 Å². The van der Waals surface area contributed by atoms with Crippen LogP contribution < -0.4 is 10.6 Å². The molecule has 148 valence electrons. The first kappa shape index (κ1) is 23.6. The third kappa shape index (κ3) is 6.65. The summed E-state index contributed by atoms with van der Waals surface area (Å²) >= 11 is 5.32. The van der Waals surface area contributed by atoms with Crippen molar-refractivity contribution in [3.05, 3.63) is 20.8 Å². The Balaban J connectivity index is 0.00000338. The van der Waals surface area contributed by atoms with Gasteiger partial charge in [0.1, 0.15) is 0 Å². The molecule has 1 saturated heterocycles. The quantitative estimate of drug-likeness (QED) is 0.332. The molecule has 0 saturated carbocycles. The molecule has 0 aliphatic carbocycles. The van der Waals surface area contributed by atoms with Crippen LogP contribution >= 0.6 is 51.2 Å². The Morgan fingerprint density at radius 2 is 1.96 bits per heavy atom. The summed E-state index contributed by atoms with van der Waals surface area (Å²) in [6, 6.07) is 4.29. The van der Waals surface area contributed by atoms with Gasteiger partial charge in [0.05, 0.1) is 9.20 Å². The van der Waals surface area contributed by atoms with E-state index in [2.05, 4.69) is 53.5 Å². The van der Waals surface area contributed by atoms with Gasteiger partial charge in [0.25, 0.3) is 0 Å². The summed E-state index contributed by atoms with van der Waals surface area (Å²) in [4.78, 5) is 22.4. The molecule has 0 spiro atoms. The molecule has 1 aromatic rings.